The summed E-state index contributed by atoms with van der Waals surface area (Å²) in [6.07, 6.45) is 1.85. The summed E-state index contributed by atoms with van der Waals surface area (Å²) in [5.41, 5.74) is 3.12. The molecule has 0 atom stereocenters. The second kappa shape index (κ2) is 8.20. The molecule has 0 unspecified atom stereocenters. The Morgan fingerprint density at radius 1 is 1.07 bits per heavy atom. The molecule has 0 aliphatic rings. The third-order valence-electron chi connectivity index (χ3n) is 4.36. The SMILES string of the molecule is COc1ccc(/C=C(\NC(=O)c2cccs2)c2nc3ccccc3[nH]2)cc1OC. The first-order valence-corrected chi connectivity index (χ1v) is 9.79. The second-order valence-corrected chi connectivity index (χ2v) is 7.15. The zero-order chi connectivity index (χ0) is 20.2. The maximum Gasteiger partial charge on any atom is 0.265 e. The van der Waals surface area contributed by atoms with Gasteiger partial charge in [0, 0.05) is 0 Å². The second-order valence-electron chi connectivity index (χ2n) is 6.21. The minimum atomic E-state index is -0.188. The number of fused-ring (bicyclic) bond motifs is 1. The molecule has 146 valence electrons. The molecule has 0 spiro atoms. The van der Waals surface area contributed by atoms with E-state index in [9.17, 15) is 4.79 Å². The molecule has 2 N–H and O–H groups in total. The lowest BCUT2D eigenvalue weighted by atomic mass is 10.1. The van der Waals surface area contributed by atoms with E-state index in [4.69, 9.17) is 9.47 Å². The number of benzene rings is 2. The number of imidazole rings is 1. The first-order valence-electron chi connectivity index (χ1n) is 8.91. The first kappa shape index (κ1) is 18.8. The molecular weight excluding hydrogens is 386 g/mol. The lowest BCUT2D eigenvalue weighted by Crippen LogP contribution is -2.21. The van der Waals surface area contributed by atoms with Crippen molar-refractivity contribution in [3.05, 3.63) is 76.2 Å². The van der Waals surface area contributed by atoms with Crippen molar-refractivity contribution in [2.45, 2.75) is 0 Å². The van der Waals surface area contributed by atoms with Gasteiger partial charge in [0.25, 0.3) is 5.91 Å². The fourth-order valence-electron chi connectivity index (χ4n) is 2.94. The lowest BCUT2D eigenvalue weighted by molar-refractivity contribution is 0.0977. The Balaban J connectivity index is 1.77. The van der Waals surface area contributed by atoms with E-state index in [1.54, 1.807) is 20.3 Å². The topological polar surface area (TPSA) is 76.2 Å². The summed E-state index contributed by atoms with van der Waals surface area (Å²) < 4.78 is 10.7. The van der Waals surface area contributed by atoms with E-state index in [-0.39, 0.29) is 5.91 Å². The highest BCUT2D eigenvalue weighted by Gasteiger charge is 2.14. The number of ether oxygens (including phenoxy) is 2. The number of rotatable bonds is 6. The van der Waals surface area contributed by atoms with Gasteiger partial charge in [0.2, 0.25) is 0 Å². The summed E-state index contributed by atoms with van der Waals surface area (Å²) >= 11 is 1.38. The molecule has 7 heteroatoms. The Hall–Kier alpha value is -3.58. The van der Waals surface area contributed by atoms with Crippen molar-refractivity contribution in [3.63, 3.8) is 0 Å². The number of nitrogens with one attached hydrogen (secondary N) is 2. The molecular formula is C22H19N3O3S. The number of carbonyl (C=O) groups excluding carboxylic acids is 1. The maximum atomic E-state index is 12.7. The number of nitrogens with zero attached hydrogens (tertiary/aromatic N) is 1. The standard InChI is InChI=1S/C22H19N3O3S/c1-27-18-10-9-14(13-19(18)28-2)12-17(25-22(26)20-8-5-11-29-20)21-23-15-6-3-4-7-16(15)24-21/h3-13H,1-2H3,(H,23,24)(H,25,26)/b17-12-. The number of thiophene rings is 1. The van der Waals surface area contributed by atoms with Crippen LogP contribution in [0.1, 0.15) is 21.1 Å². The molecule has 2 aromatic carbocycles. The van der Waals surface area contributed by atoms with Gasteiger partial charge in [0.1, 0.15) is 0 Å². The molecule has 0 saturated carbocycles. The van der Waals surface area contributed by atoms with Gasteiger partial charge in [-0.25, -0.2) is 4.98 Å². The molecule has 0 radical (unpaired) electrons. The number of hydrogen-bond acceptors (Lipinski definition) is 5. The Morgan fingerprint density at radius 2 is 1.90 bits per heavy atom. The Kier molecular flexibility index (Phi) is 5.31. The van der Waals surface area contributed by atoms with Crippen LogP contribution in [0.2, 0.25) is 0 Å². The minimum absolute atomic E-state index is 0.188. The molecule has 6 nitrogen and oxygen atoms in total. The highest BCUT2D eigenvalue weighted by Crippen LogP contribution is 2.29. The van der Waals surface area contributed by atoms with Crippen LogP contribution in [0, 0.1) is 0 Å². The van der Waals surface area contributed by atoms with Gasteiger partial charge in [-0.3, -0.25) is 4.79 Å². The van der Waals surface area contributed by atoms with Crippen molar-refractivity contribution in [2.75, 3.05) is 14.2 Å². The number of H-pyrrole nitrogens is 1. The van der Waals surface area contributed by atoms with Gasteiger partial charge in [0.05, 0.1) is 35.8 Å². The predicted octanol–water partition coefficient (Wildman–Crippen LogP) is 4.57. The zero-order valence-corrected chi connectivity index (χ0v) is 16.7. The molecule has 4 aromatic rings. The van der Waals surface area contributed by atoms with Crippen molar-refractivity contribution >= 4 is 40.1 Å². The first-order chi connectivity index (χ1) is 14.2. The van der Waals surface area contributed by atoms with E-state index < -0.39 is 0 Å². The molecule has 2 heterocycles. The molecule has 0 saturated heterocycles. The molecule has 0 fully saturated rings. The van der Waals surface area contributed by atoms with Gasteiger partial charge in [-0.1, -0.05) is 24.3 Å². The van der Waals surface area contributed by atoms with Crippen LogP contribution in [0.15, 0.2) is 60.0 Å². The number of aromatic amines is 1. The van der Waals surface area contributed by atoms with Gasteiger partial charge in [-0.2, -0.15) is 0 Å². The van der Waals surface area contributed by atoms with Crippen LogP contribution in [0.3, 0.4) is 0 Å². The Bertz CT molecular complexity index is 1150. The maximum absolute atomic E-state index is 12.7. The number of amides is 1. The van der Waals surface area contributed by atoms with Crippen molar-refractivity contribution in [1.29, 1.82) is 0 Å². The quantitative estimate of drug-likeness (QED) is 0.493. The fourth-order valence-corrected chi connectivity index (χ4v) is 3.56. The number of methoxy groups -OCH3 is 2. The third kappa shape index (κ3) is 4.00. The minimum Gasteiger partial charge on any atom is -0.493 e. The highest BCUT2D eigenvalue weighted by atomic mass is 32.1. The van der Waals surface area contributed by atoms with E-state index in [2.05, 4.69) is 15.3 Å². The van der Waals surface area contributed by atoms with Crippen molar-refractivity contribution in [3.8, 4) is 11.5 Å². The fraction of sp³-hybridized carbons (Fsp3) is 0.0909. The normalized spacial score (nSPS) is 11.4. The third-order valence-corrected chi connectivity index (χ3v) is 5.22. The van der Waals surface area contributed by atoms with E-state index in [0.717, 1.165) is 16.6 Å². The van der Waals surface area contributed by atoms with Gasteiger partial charge in [0.15, 0.2) is 17.3 Å². The molecule has 0 bridgehead atoms. The lowest BCUT2D eigenvalue weighted by Gasteiger charge is -2.10. The Morgan fingerprint density at radius 3 is 2.62 bits per heavy atom. The average molecular weight is 405 g/mol. The van der Waals surface area contributed by atoms with Crippen LogP contribution in [-0.2, 0) is 0 Å². The molecule has 0 aliphatic carbocycles. The van der Waals surface area contributed by atoms with Gasteiger partial charge < -0.3 is 19.8 Å². The van der Waals surface area contributed by atoms with Crippen LogP contribution in [0.4, 0.5) is 0 Å². The summed E-state index contributed by atoms with van der Waals surface area (Å²) in [5, 5.41) is 4.85. The van der Waals surface area contributed by atoms with E-state index in [1.165, 1.54) is 11.3 Å². The molecule has 29 heavy (non-hydrogen) atoms. The van der Waals surface area contributed by atoms with E-state index in [1.807, 2.05) is 60.0 Å². The molecule has 2 aromatic heterocycles. The largest absolute Gasteiger partial charge is 0.493 e. The molecule has 1 amide bonds. The van der Waals surface area contributed by atoms with Crippen molar-refractivity contribution in [1.82, 2.24) is 15.3 Å². The Labute approximate surface area is 171 Å². The molecule has 0 aliphatic heterocycles. The number of carbonyl (C=O) groups is 1. The number of aromatic nitrogens is 2. The van der Waals surface area contributed by atoms with Crippen LogP contribution in [0.25, 0.3) is 22.8 Å². The number of para-hydroxylation sites is 2. The van der Waals surface area contributed by atoms with Crippen LogP contribution in [0.5, 0.6) is 11.5 Å². The highest BCUT2D eigenvalue weighted by molar-refractivity contribution is 7.12. The summed E-state index contributed by atoms with van der Waals surface area (Å²) in [6.45, 7) is 0. The van der Waals surface area contributed by atoms with Crippen molar-refractivity contribution in [2.24, 2.45) is 0 Å². The monoisotopic (exact) mass is 405 g/mol. The average Bonchev–Trinajstić information content (AvgIpc) is 3.43. The number of hydrogen-bond donors (Lipinski definition) is 2. The smallest absolute Gasteiger partial charge is 0.265 e. The summed E-state index contributed by atoms with van der Waals surface area (Å²) in [7, 11) is 3.18. The van der Waals surface area contributed by atoms with Crippen LogP contribution in [-0.4, -0.2) is 30.1 Å². The summed E-state index contributed by atoms with van der Waals surface area (Å²) in [4.78, 5) is 21.2. The van der Waals surface area contributed by atoms with Gasteiger partial charge in [-0.05, 0) is 47.4 Å². The molecule has 4 rings (SSSR count). The summed E-state index contributed by atoms with van der Waals surface area (Å²) in [5.74, 6) is 1.63. The van der Waals surface area contributed by atoms with E-state index >= 15 is 0 Å². The van der Waals surface area contributed by atoms with E-state index in [0.29, 0.717) is 27.9 Å². The summed E-state index contributed by atoms with van der Waals surface area (Å²) in [6, 6.07) is 16.9. The zero-order valence-electron chi connectivity index (χ0n) is 15.9. The van der Waals surface area contributed by atoms with Crippen LogP contribution < -0.4 is 14.8 Å². The van der Waals surface area contributed by atoms with Crippen molar-refractivity contribution < 1.29 is 14.3 Å². The van der Waals surface area contributed by atoms with Gasteiger partial charge in [-0.15, -0.1) is 11.3 Å². The van der Waals surface area contributed by atoms with Crippen LogP contribution >= 0.6 is 11.3 Å². The predicted molar refractivity (Wildman–Crippen MR) is 115 cm³/mol. The van der Waals surface area contributed by atoms with Gasteiger partial charge >= 0.3 is 0 Å².